The van der Waals surface area contributed by atoms with Crippen LogP contribution in [0.2, 0.25) is 0 Å². The van der Waals surface area contributed by atoms with Gasteiger partial charge in [-0.1, -0.05) is 17.8 Å². The van der Waals surface area contributed by atoms with Crippen LogP contribution in [0.3, 0.4) is 0 Å². The average molecular weight is 122 g/mol. The van der Waals surface area contributed by atoms with E-state index in [9.17, 15) is 0 Å². The Balaban J connectivity index is 3.12. The molecule has 0 radical (unpaired) electrons. The summed E-state index contributed by atoms with van der Waals surface area (Å²) in [5.74, 6) is 0.491. The van der Waals surface area contributed by atoms with Gasteiger partial charge in [-0.2, -0.15) is 0 Å². The fraction of sp³-hybridized carbons (Fsp3) is 0. The van der Waals surface area contributed by atoms with Gasteiger partial charge in [0.2, 0.25) is 5.82 Å². The van der Waals surface area contributed by atoms with Crippen molar-refractivity contribution < 1.29 is 4.52 Å². The molecule has 3 nitrogen and oxygen atoms in total. The van der Waals surface area contributed by atoms with Crippen LogP contribution in [0.5, 0.6) is 0 Å². The van der Waals surface area contributed by atoms with E-state index in [0.717, 1.165) is 5.56 Å². The molecule has 1 aromatic rings. The van der Waals surface area contributed by atoms with Crippen LogP contribution in [-0.2, 0) is 0 Å². The molecule has 0 aliphatic heterocycles. The molecular formula is C6H6N2O. The van der Waals surface area contributed by atoms with E-state index in [1.807, 2.05) is 0 Å². The van der Waals surface area contributed by atoms with Gasteiger partial charge in [-0.3, -0.25) is 0 Å². The van der Waals surface area contributed by atoms with Gasteiger partial charge >= 0.3 is 0 Å². The lowest BCUT2D eigenvalue weighted by Crippen LogP contribution is -1.63. The topological polar surface area (TPSA) is 38.4 Å². The summed E-state index contributed by atoms with van der Waals surface area (Å²) in [5, 5.41) is 3.53. The lowest BCUT2D eigenvalue weighted by molar-refractivity contribution is 0.422. The molecule has 1 aromatic heterocycles. The number of hydrogen-bond donors (Lipinski definition) is 0. The Labute approximate surface area is 52.7 Å². The molecule has 1 rings (SSSR count). The third-order valence-electron chi connectivity index (χ3n) is 0.947. The highest BCUT2D eigenvalue weighted by atomic mass is 16.5. The second kappa shape index (κ2) is 2.26. The zero-order valence-corrected chi connectivity index (χ0v) is 4.87. The van der Waals surface area contributed by atoms with Crippen LogP contribution in [0.1, 0.15) is 5.56 Å². The van der Waals surface area contributed by atoms with Crippen molar-refractivity contribution >= 4 is 18.6 Å². The van der Waals surface area contributed by atoms with Gasteiger partial charge in [-0.15, -0.1) is 0 Å². The molecule has 0 aliphatic rings. The van der Waals surface area contributed by atoms with E-state index < -0.39 is 0 Å². The number of hydrogen-bond acceptors (Lipinski definition) is 3. The molecule has 0 spiro atoms. The van der Waals surface area contributed by atoms with E-state index in [-0.39, 0.29) is 0 Å². The fourth-order valence-corrected chi connectivity index (χ4v) is 0.498. The van der Waals surface area contributed by atoms with Crippen molar-refractivity contribution in [3.8, 4) is 0 Å². The van der Waals surface area contributed by atoms with Gasteiger partial charge in [0.25, 0.3) is 0 Å². The van der Waals surface area contributed by atoms with E-state index in [1.54, 1.807) is 6.08 Å². The predicted octanol–water partition coefficient (Wildman–Crippen LogP) is 1.65. The first kappa shape index (κ1) is 5.75. The lowest BCUT2D eigenvalue weighted by Gasteiger charge is -1.79. The highest BCUT2D eigenvalue weighted by Crippen LogP contribution is 2.15. The summed E-state index contributed by atoms with van der Waals surface area (Å²) in [4.78, 5) is 3.58. The summed E-state index contributed by atoms with van der Waals surface area (Å²) in [6, 6.07) is 0. The Morgan fingerprint density at radius 1 is 1.78 bits per heavy atom. The average Bonchev–Trinajstić information content (AvgIpc) is 2.33. The monoisotopic (exact) mass is 122 g/mol. The number of aromatic nitrogens is 1. The van der Waals surface area contributed by atoms with Crippen molar-refractivity contribution in [3.63, 3.8) is 0 Å². The van der Waals surface area contributed by atoms with Gasteiger partial charge in [0.15, 0.2) is 0 Å². The summed E-state index contributed by atoms with van der Waals surface area (Å²) in [5.41, 5.74) is 0.769. The summed E-state index contributed by atoms with van der Waals surface area (Å²) in [7, 11) is 0. The minimum absolute atomic E-state index is 0.491. The molecule has 0 N–H and O–H groups in total. The SMILES string of the molecule is C=Cc1conc1N=C. The molecule has 0 amide bonds. The minimum atomic E-state index is 0.491. The molecule has 0 unspecified atom stereocenters. The summed E-state index contributed by atoms with van der Waals surface area (Å²) in [6.45, 7) is 6.82. The summed E-state index contributed by atoms with van der Waals surface area (Å²) >= 11 is 0. The zero-order chi connectivity index (χ0) is 6.69. The first-order valence-corrected chi connectivity index (χ1v) is 2.42. The van der Waals surface area contributed by atoms with Crippen LogP contribution in [0, 0.1) is 0 Å². The van der Waals surface area contributed by atoms with Gasteiger partial charge < -0.3 is 4.52 Å². The van der Waals surface area contributed by atoms with Gasteiger partial charge in [0.1, 0.15) is 6.26 Å². The normalized spacial score (nSPS) is 8.89. The molecule has 0 aliphatic carbocycles. The molecule has 0 fully saturated rings. The molecule has 0 saturated carbocycles. The largest absolute Gasteiger partial charge is 0.362 e. The maximum atomic E-state index is 4.57. The lowest BCUT2D eigenvalue weighted by atomic mass is 10.3. The predicted molar refractivity (Wildman–Crippen MR) is 35.8 cm³/mol. The highest BCUT2D eigenvalue weighted by molar-refractivity contribution is 5.59. The van der Waals surface area contributed by atoms with E-state index in [2.05, 4.69) is 28.0 Å². The molecule has 0 atom stereocenters. The smallest absolute Gasteiger partial charge is 0.201 e. The van der Waals surface area contributed by atoms with E-state index >= 15 is 0 Å². The third-order valence-corrected chi connectivity index (χ3v) is 0.947. The molecular weight excluding hydrogens is 116 g/mol. The van der Waals surface area contributed by atoms with Crippen LogP contribution in [0.4, 0.5) is 5.82 Å². The quantitative estimate of drug-likeness (QED) is 0.559. The number of aliphatic imine (C=N–C) groups is 1. The summed E-state index contributed by atoms with van der Waals surface area (Å²) in [6.07, 6.45) is 3.08. The van der Waals surface area contributed by atoms with Crippen LogP contribution in [0.15, 0.2) is 22.4 Å². The Morgan fingerprint density at radius 2 is 2.56 bits per heavy atom. The zero-order valence-electron chi connectivity index (χ0n) is 4.87. The third kappa shape index (κ3) is 0.887. The Kier molecular flexibility index (Phi) is 1.44. The molecule has 0 bridgehead atoms. The van der Waals surface area contributed by atoms with Crippen molar-refractivity contribution in [2.24, 2.45) is 4.99 Å². The van der Waals surface area contributed by atoms with Crippen LogP contribution in [0.25, 0.3) is 6.08 Å². The molecule has 1 heterocycles. The first-order valence-electron chi connectivity index (χ1n) is 2.42. The number of nitrogens with zero attached hydrogens (tertiary/aromatic N) is 2. The van der Waals surface area contributed by atoms with Gasteiger partial charge in [-0.05, 0) is 6.72 Å². The van der Waals surface area contributed by atoms with Crippen molar-refractivity contribution in [1.29, 1.82) is 0 Å². The first-order chi connectivity index (χ1) is 4.38. The van der Waals surface area contributed by atoms with Crippen molar-refractivity contribution in [1.82, 2.24) is 5.16 Å². The van der Waals surface area contributed by atoms with E-state index in [0.29, 0.717) is 5.82 Å². The van der Waals surface area contributed by atoms with Crippen molar-refractivity contribution in [3.05, 3.63) is 18.4 Å². The molecule has 46 valence electrons. The maximum absolute atomic E-state index is 4.57. The Bertz CT molecular complexity index is 204. The van der Waals surface area contributed by atoms with Crippen molar-refractivity contribution in [2.45, 2.75) is 0 Å². The second-order valence-corrected chi connectivity index (χ2v) is 1.46. The van der Waals surface area contributed by atoms with Gasteiger partial charge in [0, 0.05) is 0 Å². The van der Waals surface area contributed by atoms with Crippen LogP contribution < -0.4 is 0 Å². The molecule has 3 heteroatoms. The Morgan fingerprint density at radius 3 is 3.00 bits per heavy atom. The second-order valence-electron chi connectivity index (χ2n) is 1.46. The highest BCUT2D eigenvalue weighted by Gasteiger charge is 1.98. The standard InChI is InChI=1S/C6H6N2O/c1-3-5-4-9-8-6(5)7-2/h3-4H,1-2H2. The Hall–Kier alpha value is -1.38. The van der Waals surface area contributed by atoms with Crippen molar-refractivity contribution in [2.75, 3.05) is 0 Å². The van der Waals surface area contributed by atoms with Gasteiger partial charge in [0.05, 0.1) is 5.56 Å². The van der Waals surface area contributed by atoms with E-state index in [4.69, 9.17) is 0 Å². The fourth-order valence-electron chi connectivity index (χ4n) is 0.498. The maximum Gasteiger partial charge on any atom is 0.201 e. The number of rotatable bonds is 2. The van der Waals surface area contributed by atoms with E-state index in [1.165, 1.54) is 6.26 Å². The van der Waals surface area contributed by atoms with Crippen LogP contribution >= 0.6 is 0 Å². The van der Waals surface area contributed by atoms with Crippen LogP contribution in [-0.4, -0.2) is 11.9 Å². The molecule has 9 heavy (non-hydrogen) atoms. The van der Waals surface area contributed by atoms with Gasteiger partial charge in [-0.25, -0.2) is 4.99 Å². The molecule has 0 aromatic carbocycles. The minimum Gasteiger partial charge on any atom is -0.362 e. The molecule has 0 saturated heterocycles. The summed E-state index contributed by atoms with van der Waals surface area (Å²) < 4.78 is 4.57.